The molecule has 0 saturated carbocycles. The summed E-state index contributed by atoms with van der Waals surface area (Å²) in [6.07, 6.45) is 3.68. The zero-order valence-corrected chi connectivity index (χ0v) is 23.7. The molecule has 8 heteroatoms. The van der Waals surface area contributed by atoms with Crippen LogP contribution in [-0.2, 0) is 30.2 Å². The highest BCUT2D eigenvalue weighted by molar-refractivity contribution is 5.97. The SMILES string of the molecule is CCOC(=O)c1cnccc1-c1ccc(CCC(=O)[C@@H]2OC(C)(C)O[C@H]2C(=O)N2CCCC2c2ccccc2)cc1. The summed E-state index contributed by atoms with van der Waals surface area (Å²) in [6.45, 7) is 6.15. The zero-order valence-electron chi connectivity index (χ0n) is 23.7. The Bertz CT molecular complexity index is 1390. The molecule has 0 radical (unpaired) electrons. The van der Waals surface area contributed by atoms with Gasteiger partial charge >= 0.3 is 5.97 Å². The highest BCUT2D eigenvalue weighted by atomic mass is 16.8. The molecule has 0 N–H and O–H groups in total. The average molecular weight is 557 g/mol. The second-order valence-corrected chi connectivity index (χ2v) is 10.9. The Balaban J connectivity index is 1.26. The second kappa shape index (κ2) is 12.3. The molecule has 2 fully saturated rings. The number of hydrogen-bond acceptors (Lipinski definition) is 7. The normalized spacial score (nSPS) is 21.5. The van der Waals surface area contributed by atoms with Crippen molar-refractivity contribution in [2.45, 2.75) is 70.5 Å². The topological polar surface area (TPSA) is 95.0 Å². The first-order chi connectivity index (χ1) is 19.8. The van der Waals surface area contributed by atoms with Crippen LogP contribution in [0.1, 0.15) is 67.6 Å². The van der Waals surface area contributed by atoms with E-state index in [9.17, 15) is 14.4 Å². The lowest BCUT2D eigenvalue weighted by atomic mass is 9.97. The fourth-order valence-corrected chi connectivity index (χ4v) is 5.67. The van der Waals surface area contributed by atoms with Crippen molar-refractivity contribution in [3.05, 3.63) is 89.7 Å². The van der Waals surface area contributed by atoms with Gasteiger partial charge in [-0.1, -0.05) is 54.6 Å². The fourth-order valence-electron chi connectivity index (χ4n) is 5.67. The van der Waals surface area contributed by atoms with E-state index in [2.05, 4.69) is 4.98 Å². The van der Waals surface area contributed by atoms with Gasteiger partial charge in [0.05, 0.1) is 18.2 Å². The Kier molecular flexibility index (Phi) is 8.61. The van der Waals surface area contributed by atoms with Gasteiger partial charge in [0, 0.05) is 25.4 Å². The third kappa shape index (κ3) is 6.39. The van der Waals surface area contributed by atoms with E-state index in [1.54, 1.807) is 33.0 Å². The van der Waals surface area contributed by atoms with Crippen molar-refractivity contribution >= 4 is 17.7 Å². The van der Waals surface area contributed by atoms with Gasteiger partial charge in [0.2, 0.25) is 0 Å². The Hall–Kier alpha value is -3.88. The molecule has 8 nitrogen and oxygen atoms in total. The first-order valence-corrected chi connectivity index (χ1v) is 14.2. The third-order valence-electron chi connectivity index (χ3n) is 7.62. The van der Waals surface area contributed by atoms with Crippen LogP contribution in [0.5, 0.6) is 0 Å². The standard InChI is InChI=1S/C33H36N2O6/c1-4-39-32(38)26-21-34-19-18-25(26)23-15-12-22(13-16-23)14-17-28(36)29-30(41-33(2,3)40-29)31(37)35-20-8-11-27(35)24-9-6-5-7-10-24/h5-7,9-10,12-13,15-16,18-19,21,27,29-30H,4,8,11,14,17,20H2,1-3H3/t27?,29-,30+/m0/s1. The van der Waals surface area contributed by atoms with Gasteiger partial charge in [0.25, 0.3) is 5.91 Å². The van der Waals surface area contributed by atoms with Gasteiger partial charge < -0.3 is 19.1 Å². The highest BCUT2D eigenvalue weighted by Crippen LogP contribution is 2.37. The predicted molar refractivity (Wildman–Crippen MR) is 153 cm³/mol. The second-order valence-electron chi connectivity index (χ2n) is 10.9. The van der Waals surface area contributed by atoms with E-state index >= 15 is 0 Å². The Morgan fingerprint density at radius 1 is 1.00 bits per heavy atom. The van der Waals surface area contributed by atoms with Crippen LogP contribution >= 0.6 is 0 Å². The van der Waals surface area contributed by atoms with E-state index in [-0.39, 0.29) is 30.8 Å². The van der Waals surface area contributed by atoms with Crippen LogP contribution in [0.15, 0.2) is 73.1 Å². The third-order valence-corrected chi connectivity index (χ3v) is 7.62. The molecule has 1 amide bonds. The maximum Gasteiger partial charge on any atom is 0.340 e. The molecule has 1 unspecified atom stereocenters. The summed E-state index contributed by atoms with van der Waals surface area (Å²) < 4.78 is 17.2. The van der Waals surface area contributed by atoms with Crippen LogP contribution in [0.4, 0.5) is 0 Å². The molecule has 3 heterocycles. The first-order valence-electron chi connectivity index (χ1n) is 14.2. The van der Waals surface area contributed by atoms with Crippen molar-refractivity contribution < 1.29 is 28.6 Å². The number of carbonyl (C=O) groups is 3. The highest BCUT2D eigenvalue weighted by Gasteiger charge is 2.50. The summed E-state index contributed by atoms with van der Waals surface area (Å²) in [5.74, 6) is -1.81. The molecule has 2 aliphatic heterocycles. The van der Waals surface area contributed by atoms with E-state index < -0.39 is 24.0 Å². The van der Waals surface area contributed by atoms with Crippen molar-refractivity contribution in [3.63, 3.8) is 0 Å². The van der Waals surface area contributed by atoms with Crippen LogP contribution in [0.2, 0.25) is 0 Å². The van der Waals surface area contributed by atoms with Crippen molar-refractivity contribution in [2.75, 3.05) is 13.2 Å². The van der Waals surface area contributed by atoms with Gasteiger partial charge in [-0.25, -0.2) is 4.79 Å². The molecule has 2 aliphatic rings. The molecule has 0 bridgehead atoms. The zero-order chi connectivity index (χ0) is 29.0. The number of carbonyl (C=O) groups excluding carboxylic acids is 3. The van der Waals surface area contributed by atoms with Gasteiger partial charge in [-0.05, 0) is 68.4 Å². The number of nitrogens with zero attached hydrogens (tertiary/aromatic N) is 2. The van der Waals surface area contributed by atoms with Crippen LogP contribution in [0.25, 0.3) is 11.1 Å². The minimum absolute atomic E-state index is 0.0324. The number of amides is 1. The molecule has 41 heavy (non-hydrogen) atoms. The summed E-state index contributed by atoms with van der Waals surface area (Å²) in [5.41, 5.74) is 4.03. The van der Waals surface area contributed by atoms with Crippen molar-refractivity contribution in [2.24, 2.45) is 0 Å². The van der Waals surface area contributed by atoms with Gasteiger partial charge in [-0.2, -0.15) is 0 Å². The van der Waals surface area contributed by atoms with Crippen LogP contribution in [0, 0.1) is 0 Å². The van der Waals surface area contributed by atoms with E-state index in [0.717, 1.165) is 35.1 Å². The number of aromatic nitrogens is 1. The van der Waals surface area contributed by atoms with E-state index in [1.807, 2.05) is 59.5 Å². The van der Waals surface area contributed by atoms with E-state index in [0.29, 0.717) is 18.5 Å². The van der Waals surface area contributed by atoms with Crippen LogP contribution in [0.3, 0.4) is 0 Å². The molecular weight excluding hydrogens is 520 g/mol. The Morgan fingerprint density at radius 2 is 1.73 bits per heavy atom. The molecular formula is C33H36N2O6. The van der Waals surface area contributed by atoms with E-state index in [1.165, 1.54) is 6.20 Å². The summed E-state index contributed by atoms with van der Waals surface area (Å²) in [5, 5.41) is 0. The van der Waals surface area contributed by atoms with Crippen LogP contribution in [-0.4, -0.2) is 58.7 Å². The van der Waals surface area contributed by atoms with Crippen LogP contribution < -0.4 is 0 Å². The number of esters is 1. The fraction of sp³-hybridized carbons (Fsp3) is 0.394. The summed E-state index contributed by atoms with van der Waals surface area (Å²) in [6, 6.07) is 19.4. The number of hydrogen-bond donors (Lipinski definition) is 0. The minimum atomic E-state index is -1.04. The Labute approximate surface area is 240 Å². The maximum absolute atomic E-state index is 13.7. The van der Waals surface area contributed by atoms with Crippen molar-refractivity contribution in [1.82, 2.24) is 9.88 Å². The monoisotopic (exact) mass is 556 g/mol. The van der Waals surface area contributed by atoms with Crippen molar-refractivity contribution in [3.8, 4) is 11.1 Å². The van der Waals surface area contributed by atoms with Gasteiger partial charge in [0.15, 0.2) is 23.8 Å². The Morgan fingerprint density at radius 3 is 2.46 bits per heavy atom. The summed E-state index contributed by atoms with van der Waals surface area (Å²) in [7, 11) is 0. The molecule has 2 saturated heterocycles. The quantitative estimate of drug-likeness (QED) is 0.330. The number of ketones is 1. The molecule has 0 aliphatic carbocycles. The number of ether oxygens (including phenoxy) is 3. The largest absolute Gasteiger partial charge is 0.462 e. The minimum Gasteiger partial charge on any atom is -0.462 e. The lowest BCUT2D eigenvalue weighted by Gasteiger charge is -2.28. The van der Waals surface area contributed by atoms with Crippen molar-refractivity contribution in [1.29, 1.82) is 0 Å². The first kappa shape index (κ1) is 28.6. The van der Waals surface area contributed by atoms with Gasteiger partial charge in [0.1, 0.15) is 0 Å². The molecule has 5 rings (SSSR count). The van der Waals surface area contributed by atoms with E-state index in [4.69, 9.17) is 14.2 Å². The van der Waals surface area contributed by atoms with Gasteiger partial charge in [-0.15, -0.1) is 0 Å². The molecule has 0 spiro atoms. The number of benzene rings is 2. The number of likely N-dealkylation sites (tertiary alicyclic amines) is 1. The lowest BCUT2D eigenvalue weighted by Crippen LogP contribution is -2.46. The summed E-state index contributed by atoms with van der Waals surface area (Å²) >= 11 is 0. The maximum atomic E-state index is 13.7. The average Bonchev–Trinajstić information content (AvgIpc) is 3.61. The smallest absolute Gasteiger partial charge is 0.340 e. The molecule has 1 aromatic heterocycles. The van der Waals surface area contributed by atoms with Gasteiger partial charge in [-0.3, -0.25) is 14.6 Å². The number of Topliss-reactive ketones (excluding diaryl/α,β-unsaturated/α-hetero) is 1. The molecule has 214 valence electrons. The molecule has 2 aromatic carbocycles. The summed E-state index contributed by atoms with van der Waals surface area (Å²) in [4.78, 5) is 45.4. The number of aryl methyl sites for hydroxylation is 1. The molecule has 3 aromatic rings. The number of pyridine rings is 1. The number of rotatable bonds is 9. The molecule has 3 atom stereocenters. The predicted octanol–water partition coefficient (Wildman–Crippen LogP) is 5.31. The lowest BCUT2D eigenvalue weighted by molar-refractivity contribution is -0.163.